The van der Waals surface area contributed by atoms with Crippen LogP contribution in [-0.2, 0) is 4.79 Å². The molecule has 3 aromatic carbocycles. The van der Waals surface area contributed by atoms with Gasteiger partial charge < -0.3 is 4.90 Å². The van der Waals surface area contributed by atoms with E-state index in [1.807, 2.05) is 71.3 Å². The van der Waals surface area contributed by atoms with Crippen molar-refractivity contribution in [2.75, 3.05) is 23.7 Å². The maximum absolute atomic E-state index is 12.5. The van der Waals surface area contributed by atoms with Crippen molar-refractivity contribution in [3.8, 4) is 17.1 Å². The smallest absolute Gasteiger partial charge is 0.250 e. The Balaban J connectivity index is 1.42. The zero-order valence-corrected chi connectivity index (χ0v) is 21.7. The Bertz CT molecular complexity index is 1300. The Morgan fingerprint density at radius 3 is 2.36 bits per heavy atom. The average molecular weight is 519 g/mol. The van der Waals surface area contributed by atoms with E-state index in [1.54, 1.807) is 6.21 Å². The molecule has 1 heterocycles. The number of nitrogens with zero attached hydrogens (tertiary/aromatic N) is 5. The number of rotatable bonds is 10. The first-order chi connectivity index (χ1) is 17.6. The van der Waals surface area contributed by atoms with E-state index in [0.717, 1.165) is 35.6 Å². The SMILES string of the molecule is CCN(CC)c1ccc(/C=N/NC(=O)CSc2nnc(-c3ccccc3)n2-c2ccc(Cl)cc2)cc1. The first-order valence-electron chi connectivity index (χ1n) is 11.7. The van der Waals surface area contributed by atoms with Crippen LogP contribution in [0, 0.1) is 0 Å². The van der Waals surface area contributed by atoms with Gasteiger partial charge in [0.05, 0.1) is 12.0 Å². The molecule has 1 N–H and O–H groups in total. The lowest BCUT2D eigenvalue weighted by Gasteiger charge is -2.20. The molecule has 0 fully saturated rings. The average Bonchev–Trinajstić information content (AvgIpc) is 3.34. The summed E-state index contributed by atoms with van der Waals surface area (Å²) in [5, 5.41) is 14.1. The van der Waals surface area contributed by atoms with E-state index >= 15 is 0 Å². The molecule has 4 rings (SSSR count). The number of amides is 1. The van der Waals surface area contributed by atoms with E-state index in [-0.39, 0.29) is 11.7 Å². The molecule has 1 aromatic heterocycles. The Hall–Kier alpha value is -3.62. The molecule has 4 aromatic rings. The predicted molar refractivity (Wildman–Crippen MR) is 148 cm³/mol. The number of hydrogen-bond donors (Lipinski definition) is 1. The largest absolute Gasteiger partial charge is 0.372 e. The van der Waals surface area contributed by atoms with Gasteiger partial charge in [0.2, 0.25) is 0 Å². The van der Waals surface area contributed by atoms with Crippen LogP contribution in [0.4, 0.5) is 5.69 Å². The summed E-state index contributed by atoms with van der Waals surface area (Å²) in [4.78, 5) is 14.7. The molecule has 1 amide bonds. The number of aromatic nitrogens is 3. The quantitative estimate of drug-likeness (QED) is 0.166. The molecule has 0 spiro atoms. The lowest BCUT2D eigenvalue weighted by Crippen LogP contribution is -2.21. The Kier molecular flexibility index (Phi) is 8.76. The normalized spacial score (nSPS) is 11.1. The summed E-state index contributed by atoms with van der Waals surface area (Å²) in [7, 11) is 0. The van der Waals surface area contributed by atoms with Gasteiger partial charge in [0.1, 0.15) is 0 Å². The van der Waals surface area contributed by atoms with Crippen LogP contribution in [0.25, 0.3) is 17.1 Å². The predicted octanol–water partition coefficient (Wildman–Crippen LogP) is 5.68. The van der Waals surface area contributed by atoms with Crippen molar-refractivity contribution in [2.24, 2.45) is 5.10 Å². The van der Waals surface area contributed by atoms with Gasteiger partial charge in [0.15, 0.2) is 11.0 Å². The van der Waals surface area contributed by atoms with E-state index in [0.29, 0.717) is 16.0 Å². The Labute approximate surface area is 220 Å². The minimum atomic E-state index is -0.233. The van der Waals surface area contributed by atoms with Gasteiger partial charge in [-0.05, 0) is 55.8 Å². The minimum Gasteiger partial charge on any atom is -0.372 e. The fraction of sp³-hybridized carbons (Fsp3) is 0.185. The van der Waals surface area contributed by atoms with Crippen LogP contribution in [0.1, 0.15) is 19.4 Å². The van der Waals surface area contributed by atoms with E-state index < -0.39 is 0 Å². The summed E-state index contributed by atoms with van der Waals surface area (Å²) >= 11 is 7.38. The summed E-state index contributed by atoms with van der Waals surface area (Å²) in [6.07, 6.45) is 1.64. The molecule has 0 aliphatic heterocycles. The van der Waals surface area contributed by atoms with Gasteiger partial charge in [-0.15, -0.1) is 10.2 Å². The van der Waals surface area contributed by atoms with Gasteiger partial charge >= 0.3 is 0 Å². The van der Waals surface area contributed by atoms with Gasteiger partial charge in [-0.25, -0.2) is 5.43 Å². The zero-order valence-electron chi connectivity index (χ0n) is 20.1. The first kappa shape index (κ1) is 25.5. The van der Waals surface area contributed by atoms with Crippen molar-refractivity contribution in [1.82, 2.24) is 20.2 Å². The maximum atomic E-state index is 12.5. The Morgan fingerprint density at radius 1 is 1.00 bits per heavy atom. The molecule has 36 heavy (non-hydrogen) atoms. The summed E-state index contributed by atoms with van der Waals surface area (Å²) in [6, 6.07) is 25.3. The Morgan fingerprint density at radius 2 is 1.69 bits per heavy atom. The highest BCUT2D eigenvalue weighted by molar-refractivity contribution is 7.99. The number of nitrogens with one attached hydrogen (secondary N) is 1. The number of benzene rings is 3. The van der Waals surface area contributed by atoms with Crippen molar-refractivity contribution < 1.29 is 4.79 Å². The van der Waals surface area contributed by atoms with Crippen molar-refractivity contribution >= 4 is 41.2 Å². The van der Waals surface area contributed by atoms with Crippen molar-refractivity contribution in [2.45, 2.75) is 19.0 Å². The van der Waals surface area contributed by atoms with E-state index in [1.165, 1.54) is 11.8 Å². The number of carbonyl (C=O) groups excluding carboxylic acids is 1. The molecule has 0 aliphatic rings. The van der Waals surface area contributed by atoms with Gasteiger partial charge in [-0.1, -0.05) is 65.8 Å². The number of halogens is 1. The third-order valence-corrected chi connectivity index (χ3v) is 6.69. The fourth-order valence-corrected chi connectivity index (χ4v) is 4.53. The van der Waals surface area contributed by atoms with Gasteiger partial charge in [-0.2, -0.15) is 5.10 Å². The van der Waals surface area contributed by atoms with Gasteiger partial charge in [-0.3, -0.25) is 9.36 Å². The number of thioether (sulfide) groups is 1. The van der Waals surface area contributed by atoms with Gasteiger partial charge in [0.25, 0.3) is 5.91 Å². The highest BCUT2D eigenvalue weighted by atomic mass is 35.5. The molecule has 0 bridgehead atoms. The molecule has 0 aliphatic carbocycles. The molecular weight excluding hydrogens is 492 g/mol. The molecule has 7 nitrogen and oxygen atoms in total. The van der Waals surface area contributed by atoms with Crippen molar-refractivity contribution in [3.05, 3.63) is 89.4 Å². The third-order valence-electron chi connectivity index (χ3n) is 5.51. The summed E-state index contributed by atoms with van der Waals surface area (Å²) in [5.41, 5.74) is 6.45. The monoisotopic (exact) mass is 518 g/mol. The molecular formula is C27H27ClN6OS. The van der Waals surface area contributed by atoms with Crippen LogP contribution in [-0.4, -0.2) is 45.7 Å². The topological polar surface area (TPSA) is 75.4 Å². The first-order valence-corrected chi connectivity index (χ1v) is 13.0. The highest BCUT2D eigenvalue weighted by Gasteiger charge is 2.17. The maximum Gasteiger partial charge on any atom is 0.250 e. The van der Waals surface area contributed by atoms with Crippen molar-refractivity contribution in [3.63, 3.8) is 0 Å². The molecule has 0 unspecified atom stereocenters. The second kappa shape index (κ2) is 12.4. The summed E-state index contributed by atoms with van der Waals surface area (Å²) in [5.74, 6) is 0.591. The highest BCUT2D eigenvalue weighted by Crippen LogP contribution is 2.28. The second-order valence-electron chi connectivity index (χ2n) is 7.83. The number of hydrazone groups is 1. The molecule has 0 atom stereocenters. The lowest BCUT2D eigenvalue weighted by atomic mass is 10.2. The summed E-state index contributed by atoms with van der Waals surface area (Å²) < 4.78 is 1.92. The lowest BCUT2D eigenvalue weighted by molar-refractivity contribution is -0.118. The third kappa shape index (κ3) is 6.33. The van der Waals surface area contributed by atoms with Crippen LogP contribution >= 0.6 is 23.4 Å². The van der Waals surface area contributed by atoms with Crippen LogP contribution in [0.3, 0.4) is 0 Å². The number of hydrogen-bond acceptors (Lipinski definition) is 6. The van der Waals surface area contributed by atoms with E-state index in [4.69, 9.17) is 11.6 Å². The summed E-state index contributed by atoms with van der Waals surface area (Å²) in [6.45, 7) is 6.17. The van der Waals surface area contributed by atoms with Crippen LogP contribution in [0.5, 0.6) is 0 Å². The standard InChI is InChI=1S/C27H27ClN6OS/c1-3-33(4-2)23-14-10-20(11-15-23)18-29-30-25(35)19-36-27-32-31-26(21-8-6-5-7-9-21)34(27)24-16-12-22(28)13-17-24/h5-18H,3-4,19H2,1-2H3,(H,30,35)/b29-18+. The molecule has 0 saturated heterocycles. The zero-order chi connectivity index (χ0) is 25.3. The molecule has 0 radical (unpaired) electrons. The number of carbonyl (C=O) groups is 1. The van der Waals surface area contributed by atoms with Crippen LogP contribution in [0.15, 0.2) is 89.1 Å². The van der Waals surface area contributed by atoms with Crippen molar-refractivity contribution in [1.29, 1.82) is 0 Å². The second-order valence-corrected chi connectivity index (χ2v) is 9.21. The van der Waals surface area contributed by atoms with Gasteiger partial charge in [0, 0.05) is 35.1 Å². The van der Waals surface area contributed by atoms with E-state index in [2.05, 4.69) is 51.6 Å². The minimum absolute atomic E-state index is 0.138. The fourth-order valence-electron chi connectivity index (χ4n) is 3.66. The van der Waals surface area contributed by atoms with Crippen LogP contribution < -0.4 is 10.3 Å². The molecule has 184 valence electrons. The molecule has 0 saturated carbocycles. The number of anilines is 1. The van der Waals surface area contributed by atoms with Crippen LogP contribution in [0.2, 0.25) is 5.02 Å². The van der Waals surface area contributed by atoms with E-state index in [9.17, 15) is 4.79 Å². The molecule has 9 heteroatoms.